The van der Waals surface area contributed by atoms with Crippen LogP contribution in [0.2, 0.25) is 5.02 Å². The van der Waals surface area contributed by atoms with Crippen LogP contribution in [0.15, 0.2) is 54.6 Å². The van der Waals surface area contributed by atoms with E-state index in [1.807, 2.05) is 37.3 Å². The van der Waals surface area contributed by atoms with Crippen molar-refractivity contribution in [1.29, 1.82) is 0 Å². The molecule has 0 aliphatic carbocycles. The van der Waals surface area contributed by atoms with Gasteiger partial charge in [0, 0.05) is 28.7 Å². The summed E-state index contributed by atoms with van der Waals surface area (Å²) < 4.78 is 1.75. The molecule has 0 spiro atoms. The molecule has 0 saturated carbocycles. The van der Waals surface area contributed by atoms with E-state index in [-0.39, 0.29) is 23.9 Å². The van der Waals surface area contributed by atoms with Crippen molar-refractivity contribution in [3.8, 4) is 5.69 Å². The zero-order chi connectivity index (χ0) is 26.3. The van der Waals surface area contributed by atoms with Crippen molar-refractivity contribution in [3.05, 3.63) is 70.9 Å². The molecule has 0 unspecified atom stereocenters. The summed E-state index contributed by atoms with van der Waals surface area (Å²) >= 11 is 5.95. The molecule has 0 saturated heterocycles. The summed E-state index contributed by atoms with van der Waals surface area (Å²) in [4.78, 5) is 27.7. The lowest BCUT2D eigenvalue weighted by atomic mass is 9.92. The van der Waals surface area contributed by atoms with Crippen LogP contribution in [0, 0.1) is 6.92 Å². The molecule has 192 valence electrons. The highest BCUT2D eigenvalue weighted by Gasteiger charge is 2.23. The first-order valence-corrected chi connectivity index (χ1v) is 12.7. The number of nitrogens with one attached hydrogen (secondary N) is 2. The number of halogens is 1. The van der Waals surface area contributed by atoms with E-state index >= 15 is 0 Å². The summed E-state index contributed by atoms with van der Waals surface area (Å²) in [6.45, 7) is 10.8. The van der Waals surface area contributed by atoms with Gasteiger partial charge in [-0.25, -0.2) is 9.48 Å². The van der Waals surface area contributed by atoms with Crippen molar-refractivity contribution in [1.82, 2.24) is 14.7 Å². The minimum atomic E-state index is -0.328. The molecule has 2 aromatic carbocycles. The third-order valence-corrected chi connectivity index (χ3v) is 5.99. The Kier molecular flexibility index (Phi) is 9.15. The quantitative estimate of drug-likeness (QED) is 0.311. The molecule has 0 aliphatic heterocycles. The van der Waals surface area contributed by atoms with Gasteiger partial charge in [-0.15, -0.1) is 0 Å². The van der Waals surface area contributed by atoms with Crippen LogP contribution >= 0.6 is 11.6 Å². The number of hydrogen-bond donors (Lipinski definition) is 2. The van der Waals surface area contributed by atoms with Crippen LogP contribution in [-0.2, 0) is 10.2 Å². The van der Waals surface area contributed by atoms with Crippen LogP contribution in [0.5, 0.6) is 0 Å². The SMILES string of the molecule is CCCCCN(CC(=O)Nc1cc(C(C)(C)C)nn1-c1cccc(C)c1)C(=O)Nc1ccc(Cl)cc1. The van der Waals surface area contributed by atoms with Crippen LogP contribution in [0.25, 0.3) is 5.69 Å². The molecule has 8 heteroatoms. The standard InChI is InChI=1S/C28H36ClN5O2/c1-6-7-8-16-33(27(36)30-22-14-12-21(29)13-15-22)19-26(35)31-25-18-24(28(3,4)5)32-34(25)23-11-9-10-20(2)17-23/h9-15,17-18H,6-8,16,19H2,1-5H3,(H,30,36)(H,31,35). The molecule has 0 aliphatic rings. The van der Waals surface area contributed by atoms with E-state index in [4.69, 9.17) is 16.7 Å². The number of rotatable bonds is 9. The fourth-order valence-electron chi connectivity index (χ4n) is 3.69. The maximum absolute atomic E-state index is 13.2. The number of anilines is 2. The molecule has 3 rings (SSSR count). The predicted molar refractivity (Wildman–Crippen MR) is 147 cm³/mol. The van der Waals surface area contributed by atoms with E-state index in [0.717, 1.165) is 36.2 Å². The number of urea groups is 1. The number of hydrogen-bond acceptors (Lipinski definition) is 3. The second-order valence-corrected chi connectivity index (χ2v) is 10.5. The van der Waals surface area contributed by atoms with Crippen molar-refractivity contribution in [2.45, 2.75) is 59.3 Å². The van der Waals surface area contributed by atoms with Crippen molar-refractivity contribution < 1.29 is 9.59 Å². The molecule has 0 atom stereocenters. The van der Waals surface area contributed by atoms with Gasteiger partial charge in [0.25, 0.3) is 0 Å². The number of aryl methyl sites for hydroxylation is 1. The van der Waals surface area contributed by atoms with E-state index in [1.165, 1.54) is 4.90 Å². The van der Waals surface area contributed by atoms with Crippen LogP contribution in [0.3, 0.4) is 0 Å². The molecular formula is C28H36ClN5O2. The minimum Gasteiger partial charge on any atom is -0.315 e. The lowest BCUT2D eigenvalue weighted by molar-refractivity contribution is -0.116. The zero-order valence-electron chi connectivity index (χ0n) is 21.8. The fraction of sp³-hybridized carbons (Fsp3) is 0.393. The van der Waals surface area contributed by atoms with Crippen molar-refractivity contribution in [3.63, 3.8) is 0 Å². The number of benzene rings is 2. The van der Waals surface area contributed by atoms with E-state index in [1.54, 1.807) is 28.9 Å². The topological polar surface area (TPSA) is 79.3 Å². The highest BCUT2D eigenvalue weighted by molar-refractivity contribution is 6.30. The predicted octanol–water partition coefficient (Wildman–Crippen LogP) is 6.79. The number of carbonyl (C=O) groups is 2. The number of unbranched alkanes of at least 4 members (excludes halogenated alkanes) is 2. The molecule has 3 amide bonds. The summed E-state index contributed by atoms with van der Waals surface area (Å²) in [5.41, 5.74) is 3.25. The summed E-state index contributed by atoms with van der Waals surface area (Å²) in [7, 11) is 0. The minimum absolute atomic E-state index is 0.0764. The van der Waals surface area contributed by atoms with Gasteiger partial charge < -0.3 is 15.5 Å². The van der Waals surface area contributed by atoms with Crippen LogP contribution in [-0.4, -0.2) is 39.7 Å². The van der Waals surface area contributed by atoms with Crippen molar-refractivity contribution in [2.75, 3.05) is 23.7 Å². The highest BCUT2D eigenvalue weighted by atomic mass is 35.5. The third-order valence-electron chi connectivity index (χ3n) is 5.74. The van der Waals surface area contributed by atoms with Gasteiger partial charge in [0.2, 0.25) is 5.91 Å². The van der Waals surface area contributed by atoms with Gasteiger partial charge in [0.15, 0.2) is 0 Å². The molecule has 0 fully saturated rings. The Morgan fingerprint density at radius 3 is 2.39 bits per heavy atom. The van der Waals surface area contributed by atoms with E-state index in [9.17, 15) is 9.59 Å². The van der Waals surface area contributed by atoms with E-state index in [2.05, 4.69) is 38.3 Å². The zero-order valence-corrected chi connectivity index (χ0v) is 22.5. The van der Waals surface area contributed by atoms with Crippen molar-refractivity contribution >= 4 is 35.0 Å². The Labute approximate surface area is 218 Å². The van der Waals surface area contributed by atoms with Gasteiger partial charge in [-0.05, 0) is 55.3 Å². The Morgan fingerprint density at radius 1 is 1.03 bits per heavy atom. The molecule has 2 N–H and O–H groups in total. The molecule has 0 radical (unpaired) electrons. The number of nitrogens with zero attached hydrogens (tertiary/aromatic N) is 3. The summed E-state index contributed by atoms with van der Waals surface area (Å²) in [5, 5.41) is 11.2. The third kappa shape index (κ3) is 7.59. The summed E-state index contributed by atoms with van der Waals surface area (Å²) in [6.07, 6.45) is 2.80. The number of amides is 3. The lowest BCUT2D eigenvalue weighted by Gasteiger charge is -2.23. The maximum Gasteiger partial charge on any atom is 0.322 e. The number of aromatic nitrogens is 2. The molecule has 3 aromatic rings. The molecule has 0 bridgehead atoms. The Morgan fingerprint density at radius 2 is 1.75 bits per heavy atom. The van der Waals surface area contributed by atoms with Gasteiger partial charge >= 0.3 is 6.03 Å². The summed E-state index contributed by atoms with van der Waals surface area (Å²) in [5.74, 6) is 0.286. The largest absolute Gasteiger partial charge is 0.322 e. The molecular weight excluding hydrogens is 474 g/mol. The first-order valence-electron chi connectivity index (χ1n) is 12.4. The van der Waals surface area contributed by atoms with Gasteiger partial charge in [0.1, 0.15) is 12.4 Å². The second kappa shape index (κ2) is 12.1. The lowest BCUT2D eigenvalue weighted by Crippen LogP contribution is -2.41. The highest BCUT2D eigenvalue weighted by Crippen LogP contribution is 2.26. The molecule has 1 heterocycles. The monoisotopic (exact) mass is 509 g/mol. The van der Waals surface area contributed by atoms with E-state index in [0.29, 0.717) is 23.1 Å². The second-order valence-electron chi connectivity index (χ2n) is 10.0. The van der Waals surface area contributed by atoms with Gasteiger partial charge in [-0.1, -0.05) is 64.3 Å². The average Bonchev–Trinajstić information content (AvgIpc) is 3.24. The fourth-order valence-corrected chi connectivity index (χ4v) is 3.82. The Balaban J connectivity index is 1.80. The Hall–Kier alpha value is -3.32. The van der Waals surface area contributed by atoms with Crippen LogP contribution in [0.4, 0.5) is 16.3 Å². The van der Waals surface area contributed by atoms with Gasteiger partial charge in [-0.2, -0.15) is 5.10 Å². The van der Waals surface area contributed by atoms with Crippen molar-refractivity contribution in [2.24, 2.45) is 0 Å². The smallest absolute Gasteiger partial charge is 0.315 e. The van der Waals surface area contributed by atoms with Crippen LogP contribution in [0.1, 0.15) is 58.2 Å². The average molecular weight is 510 g/mol. The molecule has 7 nitrogen and oxygen atoms in total. The normalized spacial score (nSPS) is 11.3. The van der Waals surface area contributed by atoms with E-state index < -0.39 is 0 Å². The first-order chi connectivity index (χ1) is 17.1. The molecule has 36 heavy (non-hydrogen) atoms. The summed E-state index contributed by atoms with van der Waals surface area (Å²) in [6, 6.07) is 16.4. The first kappa shape index (κ1) is 27.3. The van der Waals surface area contributed by atoms with Crippen LogP contribution < -0.4 is 10.6 Å². The van der Waals surface area contributed by atoms with Gasteiger partial charge in [-0.3, -0.25) is 4.79 Å². The molecule has 1 aromatic heterocycles. The Bertz CT molecular complexity index is 1180. The maximum atomic E-state index is 13.2. The number of carbonyl (C=O) groups excluding carboxylic acids is 2. The van der Waals surface area contributed by atoms with Gasteiger partial charge in [0.05, 0.1) is 11.4 Å².